The number of benzene rings is 2. The number of methoxy groups -OCH3 is 1. The van der Waals surface area contributed by atoms with Gasteiger partial charge in [0, 0.05) is 16.1 Å². The Labute approximate surface area is 126 Å². The quantitative estimate of drug-likeness (QED) is 0.727. The smallest absolute Gasteiger partial charge is 0.181 e. The molecule has 3 aromatic rings. The summed E-state index contributed by atoms with van der Waals surface area (Å²) < 4.78 is 5.14. The molecule has 0 radical (unpaired) electrons. The Morgan fingerprint density at radius 1 is 1.14 bits per heavy atom. The van der Waals surface area contributed by atoms with Gasteiger partial charge in [0.25, 0.3) is 0 Å². The number of aromatic amines is 1. The van der Waals surface area contributed by atoms with E-state index in [-0.39, 0.29) is 0 Å². The Bertz CT molecular complexity index is 785. The Balaban J connectivity index is 1.96. The van der Waals surface area contributed by atoms with E-state index in [1.807, 2.05) is 30.3 Å². The van der Waals surface area contributed by atoms with Crippen LogP contribution < -0.4 is 10.5 Å². The van der Waals surface area contributed by atoms with Crippen LogP contribution in [0.25, 0.3) is 22.8 Å². The van der Waals surface area contributed by atoms with Crippen molar-refractivity contribution in [1.29, 1.82) is 0 Å². The number of nitrogens with one attached hydrogen (secondary N) is 1. The number of nitrogens with two attached hydrogens (primary N) is 1. The number of anilines is 1. The minimum absolute atomic E-state index is 0.552. The summed E-state index contributed by atoms with van der Waals surface area (Å²) in [6.07, 6.45) is 0. The second-order valence-electron chi connectivity index (χ2n) is 4.47. The van der Waals surface area contributed by atoms with Gasteiger partial charge in [-0.2, -0.15) is 5.10 Å². The summed E-state index contributed by atoms with van der Waals surface area (Å²) in [5.74, 6) is 1.86. The standard InChI is InChI=1S/C15H13ClN4O/c1-21-13-6-5-10(8-12(13)17)15-18-14(19-20-15)9-3-2-4-11(16)7-9/h2-8H,17H2,1H3,(H,18,19,20). The van der Waals surface area contributed by atoms with Crippen LogP contribution in [-0.4, -0.2) is 22.3 Å². The fourth-order valence-corrected chi connectivity index (χ4v) is 2.22. The van der Waals surface area contributed by atoms with Crippen LogP contribution in [0.15, 0.2) is 42.5 Å². The predicted octanol–water partition coefficient (Wildman–Crippen LogP) is 3.38. The van der Waals surface area contributed by atoms with Crippen LogP contribution in [0.2, 0.25) is 5.02 Å². The molecule has 0 atom stereocenters. The zero-order valence-corrected chi connectivity index (χ0v) is 12.1. The molecule has 6 heteroatoms. The highest BCUT2D eigenvalue weighted by atomic mass is 35.5. The first kappa shape index (κ1) is 13.5. The maximum Gasteiger partial charge on any atom is 0.181 e. The van der Waals surface area contributed by atoms with Gasteiger partial charge < -0.3 is 10.5 Å². The normalized spacial score (nSPS) is 10.6. The fourth-order valence-electron chi connectivity index (χ4n) is 2.03. The molecule has 21 heavy (non-hydrogen) atoms. The zero-order chi connectivity index (χ0) is 14.8. The number of hydrogen-bond acceptors (Lipinski definition) is 4. The first-order valence-electron chi connectivity index (χ1n) is 6.29. The van der Waals surface area contributed by atoms with E-state index in [0.29, 0.717) is 28.1 Å². The first-order chi connectivity index (χ1) is 10.2. The molecule has 0 bridgehead atoms. The molecule has 1 aromatic heterocycles. The van der Waals surface area contributed by atoms with Gasteiger partial charge in [0.15, 0.2) is 11.6 Å². The third-order valence-electron chi connectivity index (χ3n) is 3.07. The number of hydrogen-bond donors (Lipinski definition) is 2. The highest BCUT2D eigenvalue weighted by Crippen LogP contribution is 2.27. The maximum atomic E-state index is 5.98. The van der Waals surface area contributed by atoms with E-state index in [1.54, 1.807) is 19.2 Å². The van der Waals surface area contributed by atoms with Crippen LogP contribution in [0.4, 0.5) is 5.69 Å². The Hall–Kier alpha value is -2.53. The van der Waals surface area contributed by atoms with Gasteiger partial charge in [0.05, 0.1) is 12.8 Å². The van der Waals surface area contributed by atoms with Gasteiger partial charge >= 0.3 is 0 Å². The molecule has 0 unspecified atom stereocenters. The lowest BCUT2D eigenvalue weighted by Crippen LogP contribution is -1.93. The maximum absolute atomic E-state index is 5.98. The Morgan fingerprint density at radius 3 is 2.71 bits per heavy atom. The van der Waals surface area contributed by atoms with Crippen molar-refractivity contribution in [2.45, 2.75) is 0 Å². The summed E-state index contributed by atoms with van der Waals surface area (Å²) in [5.41, 5.74) is 8.15. The second kappa shape index (κ2) is 5.46. The van der Waals surface area contributed by atoms with Crippen LogP contribution in [-0.2, 0) is 0 Å². The van der Waals surface area contributed by atoms with Crippen molar-refractivity contribution < 1.29 is 4.74 Å². The highest BCUT2D eigenvalue weighted by Gasteiger charge is 2.09. The van der Waals surface area contributed by atoms with Gasteiger partial charge in [-0.3, -0.25) is 5.10 Å². The number of rotatable bonds is 3. The number of aromatic nitrogens is 3. The molecule has 1 heterocycles. The van der Waals surface area contributed by atoms with E-state index in [0.717, 1.165) is 11.1 Å². The number of ether oxygens (including phenoxy) is 1. The van der Waals surface area contributed by atoms with Gasteiger partial charge in [-0.1, -0.05) is 23.7 Å². The van der Waals surface area contributed by atoms with E-state index in [1.165, 1.54) is 0 Å². The molecule has 0 saturated carbocycles. The van der Waals surface area contributed by atoms with Crippen molar-refractivity contribution in [1.82, 2.24) is 15.2 Å². The monoisotopic (exact) mass is 300 g/mol. The summed E-state index contributed by atoms with van der Waals surface area (Å²) in [6, 6.07) is 12.9. The largest absolute Gasteiger partial charge is 0.495 e. The minimum atomic E-state index is 0.552. The van der Waals surface area contributed by atoms with Crippen molar-refractivity contribution in [2.24, 2.45) is 0 Å². The second-order valence-corrected chi connectivity index (χ2v) is 4.91. The van der Waals surface area contributed by atoms with Gasteiger partial charge in [0.2, 0.25) is 0 Å². The summed E-state index contributed by atoms with van der Waals surface area (Å²) >= 11 is 5.98. The topological polar surface area (TPSA) is 76.8 Å². The highest BCUT2D eigenvalue weighted by molar-refractivity contribution is 6.30. The SMILES string of the molecule is COc1ccc(-c2nc(-c3cccc(Cl)c3)n[nH]2)cc1N. The van der Waals surface area contributed by atoms with Gasteiger partial charge in [-0.15, -0.1) is 0 Å². The van der Waals surface area contributed by atoms with Crippen LogP contribution in [0.5, 0.6) is 5.75 Å². The van der Waals surface area contributed by atoms with E-state index >= 15 is 0 Å². The lowest BCUT2D eigenvalue weighted by atomic mass is 10.2. The van der Waals surface area contributed by atoms with Crippen molar-refractivity contribution in [3.63, 3.8) is 0 Å². The van der Waals surface area contributed by atoms with Crippen LogP contribution >= 0.6 is 11.6 Å². The van der Waals surface area contributed by atoms with Crippen molar-refractivity contribution in [3.8, 4) is 28.5 Å². The fraction of sp³-hybridized carbons (Fsp3) is 0.0667. The van der Waals surface area contributed by atoms with Gasteiger partial charge in [-0.05, 0) is 30.3 Å². The molecule has 3 rings (SSSR count). The molecule has 0 spiro atoms. The molecule has 106 valence electrons. The molecule has 3 N–H and O–H groups in total. The van der Waals surface area contributed by atoms with Crippen molar-refractivity contribution >= 4 is 17.3 Å². The van der Waals surface area contributed by atoms with Crippen LogP contribution in [0.1, 0.15) is 0 Å². The number of halogens is 1. The Kier molecular flexibility index (Phi) is 3.50. The number of nitrogens with zero attached hydrogens (tertiary/aromatic N) is 2. The molecule has 5 nitrogen and oxygen atoms in total. The molecule has 2 aromatic carbocycles. The lowest BCUT2D eigenvalue weighted by Gasteiger charge is -2.04. The average molecular weight is 301 g/mol. The predicted molar refractivity (Wildman–Crippen MR) is 83.2 cm³/mol. The van der Waals surface area contributed by atoms with Crippen LogP contribution in [0.3, 0.4) is 0 Å². The third kappa shape index (κ3) is 2.68. The summed E-state index contributed by atoms with van der Waals surface area (Å²) in [4.78, 5) is 4.47. The van der Waals surface area contributed by atoms with Gasteiger partial charge in [0.1, 0.15) is 5.75 Å². The summed E-state index contributed by atoms with van der Waals surface area (Å²) in [7, 11) is 1.58. The average Bonchev–Trinajstić information content (AvgIpc) is 2.97. The number of H-pyrrole nitrogens is 1. The molecule has 0 aliphatic heterocycles. The number of nitrogen functional groups attached to an aromatic ring is 1. The Morgan fingerprint density at radius 2 is 2.00 bits per heavy atom. The minimum Gasteiger partial charge on any atom is -0.495 e. The third-order valence-corrected chi connectivity index (χ3v) is 3.31. The molecular weight excluding hydrogens is 288 g/mol. The zero-order valence-electron chi connectivity index (χ0n) is 11.3. The summed E-state index contributed by atoms with van der Waals surface area (Å²) in [5, 5.41) is 7.76. The summed E-state index contributed by atoms with van der Waals surface area (Å²) in [6.45, 7) is 0. The van der Waals surface area contributed by atoms with Crippen LogP contribution in [0, 0.1) is 0 Å². The molecule has 0 amide bonds. The molecule has 0 aliphatic carbocycles. The van der Waals surface area contributed by atoms with E-state index in [9.17, 15) is 0 Å². The van der Waals surface area contributed by atoms with E-state index in [2.05, 4.69) is 15.2 Å². The van der Waals surface area contributed by atoms with E-state index < -0.39 is 0 Å². The molecule has 0 saturated heterocycles. The molecule has 0 fully saturated rings. The van der Waals surface area contributed by atoms with E-state index in [4.69, 9.17) is 22.1 Å². The molecule has 0 aliphatic rings. The lowest BCUT2D eigenvalue weighted by molar-refractivity contribution is 0.417. The van der Waals surface area contributed by atoms with Gasteiger partial charge in [-0.25, -0.2) is 4.98 Å². The first-order valence-corrected chi connectivity index (χ1v) is 6.67. The van der Waals surface area contributed by atoms with Crippen molar-refractivity contribution in [2.75, 3.05) is 12.8 Å². The van der Waals surface area contributed by atoms with Crippen molar-refractivity contribution in [3.05, 3.63) is 47.5 Å². The molecular formula is C15H13ClN4O.